The Hall–Kier alpha value is -2.47. The van der Waals surface area contributed by atoms with Gasteiger partial charge >= 0.3 is 0 Å². The number of amides is 1. The van der Waals surface area contributed by atoms with Crippen LogP contribution in [0.5, 0.6) is 0 Å². The highest BCUT2D eigenvalue weighted by Crippen LogP contribution is 2.36. The number of aryl methyl sites for hydroxylation is 1. The Balaban J connectivity index is 1.55. The first-order valence-corrected chi connectivity index (χ1v) is 8.77. The van der Waals surface area contributed by atoms with Crippen LogP contribution < -0.4 is 5.73 Å². The van der Waals surface area contributed by atoms with Crippen molar-refractivity contribution in [1.29, 1.82) is 0 Å². The van der Waals surface area contributed by atoms with Crippen molar-refractivity contribution in [3.8, 4) is 0 Å². The molecular weight excluding hydrogens is 320 g/mol. The number of fused-ring (bicyclic) bond motifs is 3. The van der Waals surface area contributed by atoms with Gasteiger partial charge in [-0.05, 0) is 24.5 Å². The summed E-state index contributed by atoms with van der Waals surface area (Å²) in [5, 5.41) is 0.975. The molecule has 0 spiro atoms. The zero-order valence-corrected chi connectivity index (χ0v) is 14.3. The number of aromatic nitrogens is 2. The van der Waals surface area contributed by atoms with Crippen LogP contribution in [0.3, 0.4) is 0 Å². The van der Waals surface area contributed by atoms with Gasteiger partial charge in [0.05, 0.1) is 18.4 Å². The van der Waals surface area contributed by atoms with Gasteiger partial charge in [-0.15, -0.1) is 11.3 Å². The number of nitrogens with two attached hydrogens (primary N) is 1. The third-order valence-corrected chi connectivity index (χ3v) is 5.62. The zero-order valence-electron chi connectivity index (χ0n) is 13.5. The highest BCUT2D eigenvalue weighted by Gasteiger charge is 2.25. The highest BCUT2D eigenvalue weighted by atomic mass is 32.1. The number of carbonyl (C=O) groups is 1. The second-order valence-corrected chi connectivity index (χ2v) is 7.25. The maximum absolute atomic E-state index is 12.6. The minimum Gasteiger partial charge on any atom is -0.383 e. The number of thiophene rings is 1. The van der Waals surface area contributed by atoms with Crippen molar-refractivity contribution in [2.45, 2.75) is 26.3 Å². The predicted molar refractivity (Wildman–Crippen MR) is 95.8 cm³/mol. The molecule has 2 N–H and O–H groups in total. The molecule has 4 rings (SSSR count). The Bertz CT molecular complexity index is 917. The molecule has 1 aromatic carbocycles. The first-order chi connectivity index (χ1) is 11.6. The fraction of sp³-hybridized carbons (Fsp3) is 0.278. The molecule has 1 amide bonds. The van der Waals surface area contributed by atoms with E-state index in [0.717, 1.165) is 28.7 Å². The first-order valence-electron chi connectivity index (χ1n) is 7.96. The summed E-state index contributed by atoms with van der Waals surface area (Å²) in [6.07, 6.45) is 2.76. The van der Waals surface area contributed by atoms with E-state index in [9.17, 15) is 4.79 Å². The average molecular weight is 338 g/mol. The number of nitrogen functional groups attached to an aromatic ring is 1. The number of hydrogen-bond acceptors (Lipinski definition) is 5. The van der Waals surface area contributed by atoms with E-state index in [1.165, 1.54) is 22.3 Å². The molecule has 6 heteroatoms. The van der Waals surface area contributed by atoms with Crippen molar-refractivity contribution < 1.29 is 4.79 Å². The molecule has 0 atom stereocenters. The highest BCUT2D eigenvalue weighted by molar-refractivity contribution is 7.19. The van der Waals surface area contributed by atoms with Gasteiger partial charge in [0.1, 0.15) is 17.0 Å². The third kappa shape index (κ3) is 2.63. The van der Waals surface area contributed by atoms with Crippen LogP contribution in [0.1, 0.15) is 21.6 Å². The van der Waals surface area contributed by atoms with Crippen LogP contribution in [0.4, 0.5) is 5.82 Å². The summed E-state index contributed by atoms with van der Waals surface area (Å²) in [5.74, 6) is 0.706. The molecule has 122 valence electrons. The minimum absolute atomic E-state index is 0.168. The Kier molecular flexibility index (Phi) is 3.69. The summed E-state index contributed by atoms with van der Waals surface area (Å²) in [6, 6.07) is 8.14. The van der Waals surface area contributed by atoms with Crippen molar-refractivity contribution in [3.63, 3.8) is 0 Å². The molecule has 1 aliphatic rings. The van der Waals surface area contributed by atoms with Crippen molar-refractivity contribution in [2.24, 2.45) is 0 Å². The molecule has 0 fully saturated rings. The molecule has 0 saturated carbocycles. The number of anilines is 1. The molecule has 0 aliphatic carbocycles. The zero-order chi connectivity index (χ0) is 16.7. The minimum atomic E-state index is 0.168. The molecule has 2 aromatic heterocycles. The van der Waals surface area contributed by atoms with Crippen LogP contribution in [0, 0.1) is 6.92 Å². The van der Waals surface area contributed by atoms with E-state index >= 15 is 0 Å². The monoisotopic (exact) mass is 338 g/mol. The van der Waals surface area contributed by atoms with Gasteiger partial charge in [0.25, 0.3) is 0 Å². The number of carbonyl (C=O) groups excluding carboxylic acids is 1. The largest absolute Gasteiger partial charge is 0.383 e. The fourth-order valence-corrected chi connectivity index (χ4v) is 4.37. The summed E-state index contributed by atoms with van der Waals surface area (Å²) >= 11 is 1.62. The molecule has 0 saturated heterocycles. The van der Waals surface area contributed by atoms with E-state index in [4.69, 9.17) is 5.73 Å². The van der Waals surface area contributed by atoms with Gasteiger partial charge in [0.2, 0.25) is 5.91 Å². The number of rotatable bonds is 2. The Morgan fingerprint density at radius 1 is 1.29 bits per heavy atom. The normalized spacial score (nSPS) is 14.0. The molecule has 3 aromatic rings. The van der Waals surface area contributed by atoms with Crippen molar-refractivity contribution >= 4 is 33.3 Å². The molecular formula is C18H18N4OS. The maximum Gasteiger partial charge on any atom is 0.227 e. The third-order valence-electron chi connectivity index (χ3n) is 4.49. The van der Waals surface area contributed by atoms with E-state index < -0.39 is 0 Å². The van der Waals surface area contributed by atoms with Gasteiger partial charge in [-0.2, -0.15) is 0 Å². The van der Waals surface area contributed by atoms with E-state index in [1.807, 2.05) is 36.1 Å². The second-order valence-electron chi connectivity index (χ2n) is 6.17. The lowest BCUT2D eigenvalue weighted by Crippen LogP contribution is -2.36. The summed E-state index contributed by atoms with van der Waals surface area (Å²) in [6.45, 7) is 3.41. The van der Waals surface area contributed by atoms with Gasteiger partial charge in [-0.3, -0.25) is 4.79 Å². The predicted octanol–water partition coefficient (Wildman–Crippen LogP) is 2.71. The van der Waals surface area contributed by atoms with Crippen molar-refractivity contribution in [1.82, 2.24) is 14.9 Å². The van der Waals surface area contributed by atoms with Crippen LogP contribution >= 0.6 is 11.3 Å². The van der Waals surface area contributed by atoms with E-state index in [2.05, 4.69) is 9.97 Å². The van der Waals surface area contributed by atoms with E-state index in [-0.39, 0.29) is 5.91 Å². The molecule has 1 aliphatic heterocycles. The Labute approximate surface area is 144 Å². The average Bonchev–Trinajstić information content (AvgIpc) is 2.95. The lowest BCUT2D eigenvalue weighted by Gasteiger charge is -2.27. The molecule has 0 radical (unpaired) electrons. The first kappa shape index (κ1) is 15.1. The lowest BCUT2D eigenvalue weighted by atomic mass is 10.0. The van der Waals surface area contributed by atoms with Crippen LogP contribution in [0.2, 0.25) is 0 Å². The van der Waals surface area contributed by atoms with Gasteiger partial charge in [-0.25, -0.2) is 9.97 Å². The topological polar surface area (TPSA) is 72.1 Å². The van der Waals surface area contributed by atoms with Gasteiger partial charge in [-0.1, -0.05) is 29.8 Å². The van der Waals surface area contributed by atoms with Crippen LogP contribution in [0.15, 0.2) is 30.6 Å². The lowest BCUT2D eigenvalue weighted by molar-refractivity contribution is -0.131. The second kappa shape index (κ2) is 5.87. The number of benzene rings is 1. The van der Waals surface area contributed by atoms with Crippen LogP contribution in [0.25, 0.3) is 10.2 Å². The van der Waals surface area contributed by atoms with E-state index in [1.54, 1.807) is 11.3 Å². The molecule has 3 heterocycles. The standard InChI is InChI=1S/C18H18N4OS/c1-11-2-4-12(5-3-11)8-15(23)22-7-6-13-14(9-22)24-18-16(13)17(19)20-10-21-18/h2-5,10H,6-9H2,1H3,(H2,19,20,21). The quantitative estimate of drug-likeness (QED) is 0.780. The maximum atomic E-state index is 12.6. The summed E-state index contributed by atoms with van der Waals surface area (Å²) in [5.41, 5.74) is 9.49. The molecule has 0 unspecified atom stereocenters. The van der Waals surface area contributed by atoms with Crippen LogP contribution in [-0.2, 0) is 24.2 Å². The summed E-state index contributed by atoms with van der Waals surface area (Å²) < 4.78 is 0. The van der Waals surface area contributed by atoms with Gasteiger partial charge < -0.3 is 10.6 Å². The molecule has 0 bridgehead atoms. The van der Waals surface area contributed by atoms with Gasteiger partial charge in [0.15, 0.2) is 0 Å². The Morgan fingerprint density at radius 3 is 2.88 bits per heavy atom. The van der Waals surface area contributed by atoms with E-state index in [0.29, 0.717) is 18.8 Å². The number of hydrogen-bond donors (Lipinski definition) is 1. The van der Waals surface area contributed by atoms with Crippen molar-refractivity contribution in [3.05, 3.63) is 52.2 Å². The summed E-state index contributed by atoms with van der Waals surface area (Å²) in [7, 11) is 0. The molecule has 24 heavy (non-hydrogen) atoms. The van der Waals surface area contributed by atoms with Crippen molar-refractivity contribution in [2.75, 3.05) is 12.3 Å². The molecule has 5 nitrogen and oxygen atoms in total. The van der Waals surface area contributed by atoms with Crippen LogP contribution in [-0.4, -0.2) is 27.3 Å². The van der Waals surface area contributed by atoms with Gasteiger partial charge in [0, 0.05) is 11.4 Å². The summed E-state index contributed by atoms with van der Waals surface area (Å²) in [4.78, 5) is 25.1. The fourth-order valence-electron chi connectivity index (χ4n) is 3.16. The number of nitrogens with zero attached hydrogens (tertiary/aromatic N) is 3. The smallest absolute Gasteiger partial charge is 0.227 e. The SMILES string of the molecule is Cc1ccc(CC(=O)N2CCc3c(sc4ncnc(N)c34)C2)cc1. The Morgan fingerprint density at radius 2 is 2.08 bits per heavy atom.